The maximum absolute atomic E-state index is 14.2. The van der Waals surface area contributed by atoms with Crippen molar-refractivity contribution in [2.45, 2.75) is 176 Å². The van der Waals surface area contributed by atoms with Crippen LogP contribution in [0.15, 0.2) is 47.5 Å². The maximum Gasteiger partial charge on any atom is 0.337 e. The molecule has 1 atom stereocenters. The summed E-state index contributed by atoms with van der Waals surface area (Å²) >= 11 is 0. The van der Waals surface area contributed by atoms with Crippen molar-refractivity contribution in [3.63, 3.8) is 0 Å². The number of esters is 1. The molecule has 0 saturated heterocycles. The number of phenols is 1. The van der Waals surface area contributed by atoms with Crippen LogP contribution in [0.25, 0.3) is 0 Å². The summed E-state index contributed by atoms with van der Waals surface area (Å²) < 4.78 is 18.4. The van der Waals surface area contributed by atoms with Gasteiger partial charge in [0.15, 0.2) is 0 Å². The Labute approximate surface area is 352 Å². The highest BCUT2D eigenvalue weighted by molar-refractivity contribution is 5.93. The third-order valence-electron chi connectivity index (χ3n) is 10.8. The summed E-state index contributed by atoms with van der Waals surface area (Å²) in [6.07, 6.45) is 6.02. The van der Waals surface area contributed by atoms with E-state index in [1.54, 1.807) is 12.3 Å². The largest absolute Gasteiger partial charge is 0.507 e. The number of aromatic hydroxyl groups is 1. The molecule has 322 valence electrons. The molecule has 7 nitrogen and oxygen atoms in total. The van der Waals surface area contributed by atoms with E-state index in [2.05, 4.69) is 135 Å². The average Bonchev–Trinajstić information content (AvgIpc) is 3.11. The first kappa shape index (κ1) is 48.5. The molecule has 0 spiro atoms. The number of aliphatic hydroxyl groups is 1. The van der Waals surface area contributed by atoms with Crippen LogP contribution in [-0.2, 0) is 32.0 Å². The van der Waals surface area contributed by atoms with Crippen molar-refractivity contribution in [3.8, 4) is 17.2 Å². The number of aliphatic imine (C=N–C) groups is 1. The van der Waals surface area contributed by atoms with Crippen LogP contribution in [-0.4, -0.2) is 48.8 Å². The Morgan fingerprint density at radius 2 is 1.09 bits per heavy atom. The molecule has 0 fully saturated rings. The summed E-state index contributed by atoms with van der Waals surface area (Å²) in [7, 11) is 1.33. The number of carbonyl (C=O) groups is 1. The highest BCUT2D eigenvalue weighted by Gasteiger charge is 2.45. The number of hydrogen-bond acceptors (Lipinski definition) is 7. The van der Waals surface area contributed by atoms with Crippen LogP contribution in [0.5, 0.6) is 17.2 Å². The molecule has 1 unspecified atom stereocenters. The van der Waals surface area contributed by atoms with E-state index < -0.39 is 17.6 Å². The molecule has 0 aliphatic carbocycles. The van der Waals surface area contributed by atoms with Gasteiger partial charge in [-0.05, 0) is 100 Å². The number of unbranched alkanes of at least 4 members (excludes halogenated alkanes) is 2. The Bertz CT molecular complexity index is 1720. The van der Waals surface area contributed by atoms with Gasteiger partial charge in [-0.3, -0.25) is 4.99 Å². The second kappa shape index (κ2) is 19.0. The zero-order chi connectivity index (χ0) is 44.0. The summed E-state index contributed by atoms with van der Waals surface area (Å²) in [6, 6.07) is 12.4. The van der Waals surface area contributed by atoms with Crippen LogP contribution in [0.4, 0.5) is 0 Å². The first-order valence-electron chi connectivity index (χ1n) is 21.5. The summed E-state index contributed by atoms with van der Waals surface area (Å²) in [5, 5.41) is 25.3. The van der Waals surface area contributed by atoms with Gasteiger partial charge in [0, 0.05) is 34.0 Å². The Morgan fingerprint density at radius 1 is 0.690 bits per heavy atom. The fourth-order valence-electron chi connectivity index (χ4n) is 7.28. The molecular weight excluding hydrogens is 723 g/mol. The number of rotatable bonds is 16. The number of carbonyl (C=O) groups excluding carboxylic acids is 1. The molecule has 0 amide bonds. The minimum absolute atomic E-state index is 0.0273. The summed E-state index contributed by atoms with van der Waals surface area (Å²) in [5.74, 6) is 1.34. The van der Waals surface area contributed by atoms with E-state index in [0.717, 1.165) is 70.6 Å². The number of phenolic OH excluding ortho intramolecular Hbond substituents is 1. The van der Waals surface area contributed by atoms with Crippen LogP contribution in [0.2, 0.25) is 0 Å². The third kappa shape index (κ3) is 11.7. The van der Waals surface area contributed by atoms with Gasteiger partial charge in [-0.1, -0.05) is 124 Å². The van der Waals surface area contributed by atoms with Gasteiger partial charge < -0.3 is 24.4 Å². The van der Waals surface area contributed by atoms with Gasteiger partial charge in [0.05, 0.1) is 31.9 Å². The van der Waals surface area contributed by atoms with Gasteiger partial charge in [-0.25, -0.2) is 4.79 Å². The molecule has 0 bridgehead atoms. The van der Waals surface area contributed by atoms with E-state index in [0.29, 0.717) is 30.8 Å². The molecule has 0 heterocycles. The quantitative estimate of drug-likeness (QED) is 0.0851. The van der Waals surface area contributed by atoms with Crippen LogP contribution in [0, 0.1) is 5.92 Å². The van der Waals surface area contributed by atoms with E-state index in [-0.39, 0.29) is 33.3 Å². The van der Waals surface area contributed by atoms with Gasteiger partial charge in [-0.15, -0.1) is 0 Å². The maximum atomic E-state index is 14.2. The Morgan fingerprint density at radius 3 is 1.41 bits per heavy atom. The summed E-state index contributed by atoms with van der Waals surface area (Å²) in [6.45, 7) is 36.2. The standard InChI is InChI=1S/C51H77NO6/c1-18-20-24-57-44-38(47(5,6)7)28-36(29-39(44)48(8,9)10)51(55,43(26-33(3)4)52-32-35-27-34(46(54)56-17)22-23-42(35)53)37-30-40(49(11,12)13)45(58-25-21-19-2)41(31-37)50(14,15)16/h22-23,27-33,43,53,55H,18-21,24-26H2,1-17H3. The lowest BCUT2D eigenvalue weighted by Gasteiger charge is -2.41. The predicted molar refractivity (Wildman–Crippen MR) is 242 cm³/mol. The number of benzene rings is 3. The van der Waals surface area contributed by atoms with E-state index in [1.807, 2.05) is 0 Å². The molecule has 58 heavy (non-hydrogen) atoms. The van der Waals surface area contributed by atoms with Crippen molar-refractivity contribution in [1.29, 1.82) is 0 Å². The molecule has 3 aromatic carbocycles. The first-order chi connectivity index (χ1) is 26.7. The smallest absolute Gasteiger partial charge is 0.337 e. The third-order valence-corrected chi connectivity index (χ3v) is 10.8. The monoisotopic (exact) mass is 800 g/mol. The molecule has 7 heteroatoms. The molecule has 0 aromatic heterocycles. The number of nitrogens with zero attached hydrogens (tertiary/aromatic N) is 1. The van der Waals surface area contributed by atoms with Gasteiger partial charge >= 0.3 is 5.97 Å². The van der Waals surface area contributed by atoms with E-state index in [4.69, 9.17) is 19.2 Å². The van der Waals surface area contributed by atoms with Crippen molar-refractivity contribution < 1.29 is 29.2 Å². The molecule has 3 rings (SSSR count). The normalized spacial score (nSPS) is 13.6. The molecule has 3 aromatic rings. The molecular formula is C51H77NO6. The Kier molecular flexibility index (Phi) is 15.9. The van der Waals surface area contributed by atoms with Crippen LogP contribution < -0.4 is 9.47 Å². The second-order valence-electron chi connectivity index (χ2n) is 20.7. The van der Waals surface area contributed by atoms with Gasteiger partial charge in [0.2, 0.25) is 0 Å². The molecule has 0 aliphatic heterocycles. The van der Waals surface area contributed by atoms with Gasteiger partial charge in [0.25, 0.3) is 0 Å². The summed E-state index contributed by atoms with van der Waals surface area (Å²) in [5.41, 5.74) is 3.16. The zero-order valence-corrected chi connectivity index (χ0v) is 39.2. The van der Waals surface area contributed by atoms with Crippen LogP contribution in [0.3, 0.4) is 0 Å². The second-order valence-corrected chi connectivity index (χ2v) is 20.7. The summed E-state index contributed by atoms with van der Waals surface area (Å²) in [4.78, 5) is 17.8. The minimum Gasteiger partial charge on any atom is -0.507 e. The molecule has 0 aliphatic rings. The van der Waals surface area contributed by atoms with Crippen molar-refractivity contribution in [2.24, 2.45) is 10.9 Å². The van der Waals surface area contributed by atoms with Gasteiger partial charge in [0.1, 0.15) is 22.8 Å². The lowest BCUT2D eigenvalue weighted by Crippen LogP contribution is -2.42. The fourth-order valence-corrected chi connectivity index (χ4v) is 7.28. The van der Waals surface area contributed by atoms with Crippen molar-refractivity contribution >= 4 is 12.2 Å². The van der Waals surface area contributed by atoms with Crippen molar-refractivity contribution in [2.75, 3.05) is 20.3 Å². The first-order valence-corrected chi connectivity index (χ1v) is 21.5. The number of ether oxygens (including phenoxy) is 3. The molecule has 0 saturated carbocycles. The average molecular weight is 800 g/mol. The van der Waals surface area contributed by atoms with Gasteiger partial charge in [-0.2, -0.15) is 0 Å². The SMILES string of the molecule is CCCCOc1c(C(C)(C)C)cc(C(O)(c2cc(C(C)(C)C)c(OCCCC)c(C(C)(C)C)c2)C(CC(C)C)N=Cc2cc(C(=O)OC)ccc2O)cc1C(C)(C)C. The molecule has 2 N–H and O–H groups in total. The Hall–Kier alpha value is -3.84. The minimum atomic E-state index is -1.68. The highest BCUT2D eigenvalue weighted by atomic mass is 16.5. The predicted octanol–water partition coefficient (Wildman–Crippen LogP) is 12.5. The highest BCUT2D eigenvalue weighted by Crippen LogP contribution is 2.49. The lowest BCUT2D eigenvalue weighted by molar-refractivity contribution is 0.0446. The molecule has 0 radical (unpaired) electrons. The lowest BCUT2D eigenvalue weighted by atomic mass is 9.69. The number of methoxy groups -OCH3 is 1. The Balaban J connectivity index is 2.68. The fraction of sp³-hybridized carbons (Fsp3) is 0.608. The van der Waals surface area contributed by atoms with Crippen molar-refractivity contribution in [1.82, 2.24) is 0 Å². The van der Waals surface area contributed by atoms with Crippen molar-refractivity contribution in [3.05, 3.63) is 87.0 Å². The van der Waals surface area contributed by atoms with E-state index in [1.165, 1.54) is 19.2 Å². The zero-order valence-electron chi connectivity index (χ0n) is 39.2. The van der Waals surface area contributed by atoms with E-state index in [9.17, 15) is 15.0 Å². The van der Waals surface area contributed by atoms with Crippen LogP contribution >= 0.6 is 0 Å². The topological polar surface area (TPSA) is 97.6 Å². The number of hydrogen-bond donors (Lipinski definition) is 2. The van der Waals surface area contributed by atoms with Crippen LogP contribution in [0.1, 0.15) is 192 Å². The van der Waals surface area contributed by atoms with E-state index >= 15 is 0 Å².